The molecule has 7 rings (SSSR count). The van der Waals surface area contributed by atoms with Crippen molar-refractivity contribution in [2.24, 2.45) is 13.0 Å². The van der Waals surface area contributed by atoms with Crippen LogP contribution >= 0.6 is 0 Å². The van der Waals surface area contributed by atoms with Gasteiger partial charge in [-0.25, -0.2) is 4.98 Å². The van der Waals surface area contributed by atoms with Gasteiger partial charge >= 0.3 is 0 Å². The molecule has 5 heterocycles. The first-order valence-corrected chi connectivity index (χ1v) is 16.3. The van der Waals surface area contributed by atoms with Crippen molar-refractivity contribution in [1.82, 2.24) is 33.7 Å². The lowest BCUT2D eigenvalue weighted by Gasteiger charge is -2.43. The quantitative estimate of drug-likeness (QED) is 0.278. The fourth-order valence-electron chi connectivity index (χ4n) is 7.28. The number of aromatic nitrogens is 5. The molecule has 0 aliphatic carbocycles. The fourth-order valence-corrected chi connectivity index (χ4v) is 7.28. The van der Waals surface area contributed by atoms with Crippen molar-refractivity contribution < 1.29 is 14.6 Å². The number of carbonyl (C=O) groups excluding carboxylic acids is 1. The maximum atomic E-state index is 14.1. The summed E-state index contributed by atoms with van der Waals surface area (Å²) < 4.78 is 10.4. The highest BCUT2D eigenvalue weighted by Crippen LogP contribution is 2.36. The molecule has 11 heteroatoms. The first-order valence-electron chi connectivity index (χ1n) is 16.3. The molecule has 2 fully saturated rings. The molecule has 2 aliphatic rings. The number of ether oxygens (including phenoxy) is 1. The van der Waals surface area contributed by atoms with Gasteiger partial charge in [-0.2, -0.15) is 5.10 Å². The number of aryl methyl sites for hydroxylation is 1. The largest absolute Gasteiger partial charge is 0.497 e. The summed E-state index contributed by atoms with van der Waals surface area (Å²) in [5, 5.41) is 16.4. The van der Waals surface area contributed by atoms with Gasteiger partial charge in [0, 0.05) is 68.7 Å². The van der Waals surface area contributed by atoms with Gasteiger partial charge in [0.2, 0.25) is 5.91 Å². The van der Waals surface area contributed by atoms with Gasteiger partial charge in [-0.1, -0.05) is 30.3 Å². The molecule has 0 saturated carbocycles. The number of hydrogen-bond donors (Lipinski definition) is 1. The molecular formula is C36H41N7O4. The van der Waals surface area contributed by atoms with E-state index in [9.17, 15) is 14.7 Å². The second kappa shape index (κ2) is 12.8. The molecular weight excluding hydrogens is 594 g/mol. The zero-order chi connectivity index (χ0) is 32.5. The van der Waals surface area contributed by atoms with E-state index >= 15 is 0 Å². The molecule has 0 spiro atoms. The van der Waals surface area contributed by atoms with Crippen LogP contribution in [0.15, 0.2) is 90.4 Å². The van der Waals surface area contributed by atoms with Crippen molar-refractivity contribution in [1.29, 1.82) is 0 Å². The average molecular weight is 636 g/mol. The van der Waals surface area contributed by atoms with Crippen LogP contribution in [-0.4, -0.2) is 83.6 Å². The summed E-state index contributed by atoms with van der Waals surface area (Å²) in [6.45, 7) is 3.47. The standard InChI is InChI=1S/C36H41N7O4/c1-39-21-26(20-38-39)22-40-16-12-30(32(23-40)27-6-4-3-5-7-27)34(44)41-18-14-36(46,15-19-41)24-42-25-37-33-31(35(42)45)13-17-43(33)28-8-10-29(47-2)11-9-28/h3-11,13,17,20-21,25,30,32,46H,12,14-16,18-19,22-24H2,1-2H3/t30-,32+/m1/s1. The van der Waals surface area contributed by atoms with E-state index in [2.05, 4.69) is 27.1 Å². The Kier molecular flexibility index (Phi) is 8.42. The van der Waals surface area contributed by atoms with Crippen LogP contribution in [0.2, 0.25) is 0 Å². The number of fused-ring (bicyclic) bond motifs is 1. The lowest BCUT2D eigenvalue weighted by Crippen LogP contribution is -2.53. The minimum atomic E-state index is -1.11. The van der Waals surface area contributed by atoms with Crippen LogP contribution in [0.1, 0.15) is 36.3 Å². The third kappa shape index (κ3) is 6.33. The fraction of sp³-hybridized carbons (Fsp3) is 0.389. The second-order valence-electron chi connectivity index (χ2n) is 13.0. The highest BCUT2D eigenvalue weighted by atomic mass is 16.5. The van der Waals surface area contributed by atoms with E-state index in [1.165, 1.54) is 22.0 Å². The Morgan fingerprint density at radius 1 is 1.04 bits per heavy atom. The SMILES string of the molecule is COc1ccc(-n2ccc3c(=O)n(CC4(O)CCN(C(=O)[C@@H]5CCN(Cc6cnn(C)c6)C[C@H]5c5ccccc5)CC4)cnc32)cc1. The number of aliphatic hydroxyl groups is 1. The molecule has 2 aromatic carbocycles. The van der Waals surface area contributed by atoms with E-state index in [0.29, 0.717) is 37.0 Å². The molecule has 3 aromatic heterocycles. The summed E-state index contributed by atoms with van der Waals surface area (Å²) in [6, 6.07) is 19.7. The minimum absolute atomic E-state index is 0.0801. The molecule has 2 saturated heterocycles. The number of amides is 1. The number of carbonyl (C=O) groups is 1. The van der Waals surface area contributed by atoms with Gasteiger partial charge in [0.25, 0.3) is 5.56 Å². The van der Waals surface area contributed by atoms with Crippen molar-refractivity contribution in [2.75, 3.05) is 33.3 Å². The van der Waals surface area contributed by atoms with E-state index in [0.717, 1.165) is 37.5 Å². The summed E-state index contributed by atoms with van der Waals surface area (Å²) in [5.41, 5.74) is 2.47. The number of benzene rings is 2. The van der Waals surface area contributed by atoms with E-state index in [4.69, 9.17) is 4.74 Å². The number of rotatable bonds is 8. The predicted octanol–water partition coefficient (Wildman–Crippen LogP) is 3.59. The third-order valence-electron chi connectivity index (χ3n) is 9.90. The normalized spacial score (nSPS) is 20.0. The maximum absolute atomic E-state index is 14.1. The maximum Gasteiger partial charge on any atom is 0.262 e. The molecule has 2 aliphatic heterocycles. The van der Waals surface area contributed by atoms with Gasteiger partial charge < -0.3 is 19.3 Å². The Morgan fingerprint density at radius 2 is 1.81 bits per heavy atom. The molecule has 244 valence electrons. The minimum Gasteiger partial charge on any atom is -0.497 e. The van der Waals surface area contributed by atoms with Gasteiger partial charge in [-0.05, 0) is 61.7 Å². The molecule has 47 heavy (non-hydrogen) atoms. The van der Waals surface area contributed by atoms with E-state index in [1.54, 1.807) is 13.2 Å². The van der Waals surface area contributed by atoms with Gasteiger partial charge in [-0.15, -0.1) is 0 Å². The molecule has 0 unspecified atom stereocenters. The molecule has 2 atom stereocenters. The van der Waals surface area contributed by atoms with Crippen LogP contribution < -0.4 is 10.3 Å². The van der Waals surface area contributed by atoms with Crippen molar-refractivity contribution in [2.45, 2.75) is 43.9 Å². The lowest BCUT2D eigenvalue weighted by molar-refractivity contribution is -0.142. The van der Waals surface area contributed by atoms with Crippen molar-refractivity contribution in [3.63, 3.8) is 0 Å². The zero-order valence-electron chi connectivity index (χ0n) is 26.9. The molecule has 0 bridgehead atoms. The van der Waals surface area contributed by atoms with Gasteiger partial charge in [-0.3, -0.25) is 23.7 Å². The van der Waals surface area contributed by atoms with Crippen LogP contribution in [0.3, 0.4) is 0 Å². The van der Waals surface area contributed by atoms with Crippen molar-refractivity contribution in [3.8, 4) is 11.4 Å². The van der Waals surface area contributed by atoms with Crippen molar-refractivity contribution >= 4 is 16.9 Å². The molecule has 0 radical (unpaired) electrons. The Balaban J connectivity index is 1.02. The third-order valence-corrected chi connectivity index (χ3v) is 9.90. The Labute approximate surface area is 273 Å². The molecule has 5 aromatic rings. The summed E-state index contributed by atoms with van der Waals surface area (Å²) in [5.74, 6) is 0.857. The first kappa shape index (κ1) is 30.9. The van der Waals surface area contributed by atoms with E-state index in [1.807, 2.05) is 82.3 Å². The lowest BCUT2D eigenvalue weighted by atomic mass is 9.79. The number of nitrogens with zero attached hydrogens (tertiary/aromatic N) is 7. The number of piperidine rings is 2. The number of likely N-dealkylation sites (tertiary alicyclic amines) is 2. The van der Waals surface area contributed by atoms with Crippen molar-refractivity contribution in [3.05, 3.63) is 107 Å². The van der Waals surface area contributed by atoms with Crippen LogP contribution in [0, 0.1) is 5.92 Å². The zero-order valence-corrected chi connectivity index (χ0v) is 26.9. The van der Waals surface area contributed by atoms with E-state index < -0.39 is 5.60 Å². The van der Waals surface area contributed by atoms with Crippen LogP contribution in [0.4, 0.5) is 0 Å². The number of methoxy groups -OCH3 is 1. The van der Waals surface area contributed by atoms with Gasteiger partial charge in [0.1, 0.15) is 12.1 Å². The first-order chi connectivity index (χ1) is 22.8. The van der Waals surface area contributed by atoms with Crippen LogP contribution in [0.5, 0.6) is 5.75 Å². The average Bonchev–Trinajstić information content (AvgIpc) is 3.72. The van der Waals surface area contributed by atoms with E-state index in [-0.39, 0.29) is 29.8 Å². The van der Waals surface area contributed by atoms with Gasteiger partial charge in [0.15, 0.2) is 5.65 Å². The summed E-state index contributed by atoms with van der Waals surface area (Å²) in [4.78, 5) is 36.5. The Bertz CT molecular complexity index is 1910. The number of hydrogen-bond acceptors (Lipinski definition) is 7. The molecule has 1 N–H and O–H groups in total. The topological polar surface area (TPSA) is 111 Å². The van der Waals surface area contributed by atoms with Gasteiger partial charge in [0.05, 0.1) is 30.8 Å². The predicted molar refractivity (Wildman–Crippen MR) is 178 cm³/mol. The smallest absolute Gasteiger partial charge is 0.262 e. The summed E-state index contributed by atoms with van der Waals surface area (Å²) >= 11 is 0. The van der Waals surface area contributed by atoms with Crippen LogP contribution in [-0.2, 0) is 24.9 Å². The second-order valence-corrected chi connectivity index (χ2v) is 13.0. The Morgan fingerprint density at radius 3 is 2.51 bits per heavy atom. The highest BCUT2D eigenvalue weighted by Gasteiger charge is 2.41. The Hall–Kier alpha value is -4.74. The summed E-state index contributed by atoms with van der Waals surface area (Å²) in [6.07, 6.45) is 8.86. The monoisotopic (exact) mass is 635 g/mol. The highest BCUT2D eigenvalue weighted by molar-refractivity contribution is 5.80. The molecule has 1 amide bonds. The van der Waals surface area contributed by atoms with Crippen LogP contribution in [0.25, 0.3) is 16.7 Å². The summed E-state index contributed by atoms with van der Waals surface area (Å²) in [7, 11) is 3.55. The molecule has 11 nitrogen and oxygen atoms in total.